The highest BCUT2D eigenvalue weighted by molar-refractivity contribution is 6.32. The second-order valence-corrected chi connectivity index (χ2v) is 12.6. The van der Waals surface area contributed by atoms with Crippen molar-refractivity contribution in [3.63, 3.8) is 0 Å². The number of rotatable bonds is 7. The van der Waals surface area contributed by atoms with Crippen molar-refractivity contribution in [1.82, 2.24) is 4.90 Å². The fourth-order valence-corrected chi connectivity index (χ4v) is 8.60. The highest BCUT2D eigenvalue weighted by Gasteiger charge is 2.70. The Morgan fingerprint density at radius 3 is 2.36 bits per heavy atom. The van der Waals surface area contributed by atoms with Crippen molar-refractivity contribution in [2.24, 2.45) is 23.7 Å². The quantitative estimate of drug-likeness (QED) is 0.296. The van der Waals surface area contributed by atoms with Crippen LogP contribution in [-0.4, -0.2) is 53.4 Å². The molecular formula is C36H33ClN2O6. The van der Waals surface area contributed by atoms with E-state index < -0.39 is 35.0 Å². The molecule has 9 heteroatoms. The van der Waals surface area contributed by atoms with E-state index in [2.05, 4.69) is 6.08 Å². The number of likely N-dealkylation sites (tertiary alicyclic amines) is 1. The topological polar surface area (TPSA) is 104 Å². The first-order valence-corrected chi connectivity index (χ1v) is 15.8. The van der Waals surface area contributed by atoms with Crippen LogP contribution in [0.4, 0.5) is 5.69 Å². The summed E-state index contributed by atoms with van der Waals surface area (Å²) in [4.78, 5) is 59.5. The van der Waals surface area contributed by atoms with Crippen LogP contribution in [0, 0.1) is 23.7 Å². The Bertz CT molecular complexity index is 1720. The van der Waals surface area contributed by atoms with Crippen LogP contribution in [0.15, 0.2) is 90.5 Å². The second-order valence-electron chi connectivity index (χ2n) is 12.2. The summed E-state index contributed by atoms with van der Waals surface area (Å²) in [7, 11) is 0. The van der Waals surface area contributed by atoms with Crippen molar-refractivity contribution in [3.8, 4) is 5.75 Å². The van der Waals surface area contributed by atoms with E-state index in [0.29, 0.717) is 35.0 Å². The lowest BCUT2D eigenvalue weighted by atomic mass is 9.49. The molecule has 6 unspecified atom stereocenters. The molecule has 7 rings (SSSR count). The van der Waals surface area contributed by atoms with Crippen molar-refractivity contribution in [1.29, 1.82) is 0 Å². The van der Waals surface area contributed by atoms with Gasteiger partial charge in [-0.1, -0.05) is 71.8 Å². The molecule has 1 N–H and O–H groups in total. The van der Waals surface area contributed by atoms with Gasteiger partial charge in [0.1, 0.15) is 12.4 Å². The van der Waals surface area contributed by atoms with Crippen molar-refractivity contribution >= 4 is 40.9 Å². The maximum Gasteiger partial charge on any atom is 0.246 e. The molecule has 230 valence electrons. The van der Waals surface area contributed by atoms with Crippen molar-refractivity contribution < 1.29 is 29.0 Å². The summed E-state index contributed by atoms with van der Waals surface area (Å²) in [6.45, 7) is 2.11. The van der Waals surface area contributed by atoms with Crippen LogP contribution in [0.5, 0.6) is 5.75 Å². The number of ether oxygens (including phenoxy) is 1. The molecule has 3 aromatic rings. The maximum absolute atomic E-state index is 15.1. The van der Waals surface area contributed by atoms with Crippen LogP contribution < -0.4 is 9.64 Å². The van der Waals surface area contributed by atoms with Gasteiger partial charge in [-0.05, 0) is 67.1 Å². The standard InChI is InChI=1S/C36H33ClN2O6/c1-2-38-32(41)27-16-15-26-28(30(27)34(38)43)20-29-33(42)39(24-10-6-9-23(37)19-24)35(44)36(29,22-7-4-3-5-8-22)31(26)21-11-13-25(14-12-21)45-18-17-40/h3-15,19,27-31,40H,2,16-18,20H2,1H3. The molecule has 3 aromatic carbocycles. The minimum absolute atomic E-state index is 0.127. The van der Waals surface area contributed by atoms with Gasteiger partial charge in [-0.15, -0.1) is 0 Å². The summed E-state index contributed by atoms with van der Waals surface area (Å²) in [5.41, 5.74) is 1.50. The number of aliphatic hydroxyl groups excluding tert-OH is 1. The summed E-state index contributed by atoms with van der Waals surface area (Å²) < 4.78 is 5.64. The first kappa shape index (κ1) is 29.4. The van der Waals surface area contributed by atoms with E-state index in [1.807, 2.05) is 42.5 Å². The Balaban J connectivity index is 1.47. The lowest BCUT2D eigenvalue weighted by molar-refractivity contribution is -0.140. The molecule has 2 aliphatic carbocycles. The summed E-state index contributed by atoms with van der Waals surface area (Å²) in [6, 6.07) is 23.6. The Morgan fingerprint density at radius 1 is 0.911 bits per heavy atom. The Hall–Kier alpha value is -4.27. The SMILES string of the molecule is CCN1C(=O)C2CC=C3C(CC4C(=O)N(c5cccc(Cl)c5)C(=O)C4(c4ccccc4)C3c3ccc(OCCO)cc3)C2C1=O. The molecule has 8 nitrogen and oxygen atoms in total. The minimum Gasteiger partial charge on any atom is -0.491 e. The number of fused-ring (bicyclic) bond motifs is 4. The van der Waals surface area contributed by atoms with Crippen molar-refractivity contribution in [2.45, 2.75) is 31.1 Å². The number of benzene rings is 3. The van der Waals surface area contributed by atoms with Crippen LogP contribution >= 0.6 is 11.6 Å². The van der Waals surface area contributed by atoms with E-state index >= 15 is 4.79 Å². The normalized spacial score (nSPS) is 29.0. The van der Waals surface area contributed by atoms with E-state index in [1.165, 1.54) is 9.80 Å². The number of amides is 4. The molecule has 6 atom stereocenters. The van der Waals surface area contributed by atoms with E-state index in [0.717, 1.165) is 11.1 Å². The summed E-state index contributed by atoms with van der Waals surface area (Å²) in [5.74, 6) is -3.38. The summed E-state index contributed by atoms with van der Waals surface area (Å²) in [6.07, 6.45) is 2.70. The molecule has 0 radical (unpaired) electrons. The highest BCUT2D eigenvalue weighted by atomic mass is 35.5. The van der Waals surface area contributed by atoms with Crippen LogP contribution in [0.1, 0.15) is 36.8 Å². The van der Waals surface area contributed by atoms with E-state index in [9.17, 15) is 19.5 Å². The minimum atomic E-state index is -1.32. The zero-order chi connectivity index (χ0) is 31.5. The van der Waals surface area contributed by atoms with Crippen LogP contribution in [-0.2, 0) is 24.6 Å². The number of hydrogen-bond donors (Lipinski definition) is 1. The predicted octanol–water partition coefficient (Wildman–Crippen LogP) is 4.89. The lowest BCUT2D eigenvalue weighted by Gasteiger charge is -2.50. The number of aliphatic hydroxyl groups is 1. The second kappa shape index (κ2) is 11.3. The maximum atomic E-state index is 15.1. The Labute approximate surface area is 266 Å². The molecule has 1 saturated carbocycles. The third kappa shape index (κ3) is 4.30. The first-order chi connectivity index (χ1) is 21.8. The third-order valence-corrected chi connectivity index (χ3v) is 10.4. The van der Waals surface area contributed by atoms with Gasteiger partial charge in [0.2, 0.25) is 23.6 Å². The van der Waals surface area contributed by atoms with Gasteiger partial charge in [0.25, 0.3) is 0 Å². The zero-order valence-corrected chi connectivity index (χ0v) is 25.5. The zero-order valence-electron chi connectivity index (χ0n) is 24.8. The number of hydrogen-bond acceptors (Lipinski definition) is 6. The first-order valence-electron chi connectivity index (χ1n) is 15.4. The number of anilines is 1. The van der Waals surface area contributed by atoms with Gasteiger partial charge in [0.05, 0.1) is 35.5 Å². The van der Waals surface area contributed by atoms with Crippen LogP contribution in [0.25, 0.3) is 0 Å². The van der Waals surface area contributed by atoms with Gasteiger partial charge in [-0.2, -0.15) is 0 Å². The number of allylic oxidation sites excluding steroid dienone is 2. The molecular weight excluding hydrogens is 592 g/mol. The molecule has 2 aliphatic heterocycles. The van der Waals surface area contributed by atoms with E-state index in [1.54, 1.807) is 43.3 Å². The molecule has 4 aliphatic rings. The molecule has 0 bridgehead atoms. The number of carbonyl (C=O) groups excluding carboxylic acids is 4. The average molecular weight is 625 g/mol. The smallest absolute Gasteiger partial charge is 0.246 e. The number of nitrogens with zero attached hydrogens (tertiary/aromatic N) is 2. The van der Waals surface area contributed by atoms with Gasteiger partial charge in [-0.25, -0.2) is 4.90 Å². The molecule has 0 spiro atoms. The number of halogens is 1. The van der Waals surface area contributed by atoms with Crippen LogP contribution in [0.3, 0.4) is 0 Å². The molecule has 0 aromatic heterocycles. The number of carbonyl (C=O) groups is 4. The number of imide groups is 2. The average Bonchev–Trinajstić information content (AvgIpc) is 3.44. The largest absolute Gasteiger partial charge is 0.491 e. The predicted molar refractivity (Wildman–Crippen MR) is 167 cm³/mol. The Morgan fingerprint density at radius 2 is 1.67 bits per heavy atom. The van der Waals surface area contributed by atoms with E-state index in [4.69, 9.17) is 16.3 Å². The lowest BCUT2D eigenvalue weighted by Crippen LogP contribution is -2.53. The van der Waals surface area contributed by atoms with Crippen molar-refractivity contribution in [3.05, 3.63) is 107 Å². The Kier molecular flexibility index (Phi) is 7.37. The fourth-order valence-electron chi connectivity index (χ4n) is 8.42. The summed E-state index contributed by atoms with van der Waals surface area (Å²) >= 11 is 6.36. The monoisotopic (exact) mass is 624 g/mol. The van der Waals surface area contributed by atoms with Gasteiger partial charge >= 0.3 is 0 Å². The molecule has 2 saturated heterocycles. The van der Waals surface area contributed by atoms with Gasteiger partial charge < -0.3 is 9.84 Å². The van der Waals surface area contributed by atoms with Crippen molar-refractivity contribution in [2.75, 3.05) is 24.7 Å². The van der Waals surface area contributed by atoms with E-state index in [-0.39, 0.29) is 43.3 Å². The molecule has 4 amide bonds. The summed E-state index contributed by atoms with van der Waals surface area (Å²) in [5, 5.41) is 9.65. The molecule has 45 heavy (non-hydrogen) atoms. The third-order valence-electron chi connectivity index (χ3n) is 10.1. The van der Waals surface area contributed by atoms with Gasteiger partial charge in [0.15, 0.2) is 0 Å². The molecule has 3 fully saturated rings. The fraction of sp³-hybridized carbons (Fsp3) is 0.333. The molecule has 2 heterocycles. The highest BCUT2D eigenvalue weighted by Crippen LogP contribution is 2.64. The van der Waals surface area contributed by atoms with Gasteiger partial charge in [-0.3, -0.25) is 24.1 Å². The van der Waals surface area contributed by atoms with Gasteiger partial charge in [0, 0.05) is 17.5 Å². The van der Waals surface area contributed by atoms with Crippen LogP contribution in [0.2, 0.25) is 5.02 Å².